The second-order valence-electron chi connectivity index (χ2n) is 4.40. The molecule has 0 amide bonds. The lowest BCUT2D eigenvalue weighted by Gasteiger charge is -2.08. The Balaban J connectivity index is 2.11. The van der Waals surface area contributed by atoms with E-state index in [1.54, 1.807) is 6.07 Å². The molecule has 1 aromatic heterocycles. The molecule has 0 unspecified atom stereocenters. The van der Waals surface area contributed by atoms with E-state index in [4.69, 9.17) is 10.5 Å². The van der Waals surface area contributed by atoms with Gasteiger partial charge >= 0.3 is 11.6 Å². The molecule has 0 spiro atoms. The van der Waals surface area contributed by atoms with E-state index < -0.39 is 4.92 Å². The third-order valence-electron chi connectivity index (χ3n) is 3.01. The standard InChI is InChI=1S/C15H11N3O3/c16-14-9-8-12(18(19)20)15(17-14)21-13-7-3-5-10-4-1-2-6-11(10)13/h1-9H,(H2,16,17). The average Bonchev–Trinajstić information content (AvgIpc) is 2.47. The molecule has 0 radical (unpaired) electrons. The molecule has 1 heterocycles. The Morgan fingerprint density at radius 2 is 1.81 bits per heavy atom. The quantitative estimate of drug-likeness (QED) is 0.585. The number of hydrogen-bond acceptors (Lipinski definition) is 5. The molecule has 0 aliphatic heterocycles. The molecule has 0 fully saturated rings. The van der Waals surface area contributed by atoms with E-state index in [1.807, 2.05) is 36.4 Å². The molecule has 104 valence electrons. The van der Waals surface area contributed by atoms with Gasteiger partial charge in [-0.15, -0.1) is 0 Å². The maximum atomic E-state index is 11.0. The predicted molar refractivity (Wildman–Crippen MR) is 79.3 cm³/mol. The summed E-state index contributed by atoms with van der Waals surface area (Å²) in [5, 5.41) is 12.9. The lowest BCUT2D eigenvalue weighted by molar-refractivity contribution is -0.386. The van der Waals surface area contributed by atoms with Crippen LogP contribution in [0.4, 0.5) is 11.5 Å². The van der Waals surface area contributed by atoms with Crippen LogP contribution in [0.5, 0.6) is 11.6 Å². The van der Waals surface area contributed by atoms with Crippen molar-refractivity contribution < 1.29 is 9.66 Å². The van der Waals surface area contributed by atoms with Gasteiger partial charge in [0, 0.05) is 11.5 Å². The summed E-state index contributed by atoms with van der Waals surface area (Å²) >= 11 is 0. The van der Waals surface area contributed by atoms with Gasteiger partial charge < -0.3 is 10.5 Å². The summed E-state index contributed by atoms with van der Waals surface area (Å²) in [7, 11) is 0. The maximum absolute atomic E-state index is 11.0. The molecular formula is C15H11N3O3. The van der Waals surface area contributed by atoms with Gasteiger partial charge in [0.25, 0.3) is 0 Å². The highest BCUT2D eigenvalue weighted by Gasteiger charge is 2.18. The van der Waals surface area contributed by atoms with E-state index in [2.05, 4.69) is 4.98 Å². The van der Waals surface area contributed by atoms with E-state index in [-0.39, 0.29) is 17.4 Å². The van der Waals surface area contributed by atoms with Gasteiger partial charge in [-0.1, -0.05) is 36.4 Å². The summed E-state index contributed by atoms with van der Waals surface area (Å²) in [5.74, 6) is 0.543. The first-order chi connectivity index (χ1) is 10.1. The summed E-state index contributed by atoms with van der Waals surface area (Å²) in [5.41, 5.74) is 5.36. The molecule has 0 saturated heterocycles. The highest BCUT2D eigenvalue weighted by atomic mass is 16.6. The molecule has 0 saturated carbocycles. The fourth-order valence-corrected chi connectivity index (χ4v) is 2.05. The Hall–Kier alpha value is -3.15. The number of nitro groups is 1. The van der Waals surface area contributed by atoms with Crippen molar-refractivity contribution in [2.75, 3.05) is 5.73 Å². The van der Waals surface area contributed by atoms with E-state index in [0.29, 0.717) is 5.75 Å². The van der Waals surface area contributed by atoms with Gasteiger partial charge in [0.1, 0.15) is 11.6 Å². The van der Waals surface area contributed by atoms with Crippen molar-refractivity contribution in [1.29, 1.82) is 0 Å². The number of anilines is 1. The van der Waals surface area contributed by atoms with Crippen molar-refractivity contribution in [1.82, 2.24) is 4.98 Å². The first kappa shape index (κ1) is 12.9. The number of benzene rings is 2. The number of nitrogens with zero attached hydrogens (tertiary/aromatic N) is 2. The number of pyridine rings is 1. The fourth-order valence-electron chi connectivity index (χ4n) is 2.05. The number of rotatable bonds is 3. The average molecular weight is 281 g/mol. The highest BCUT2D eigenvalue weighted by Crippen LogP contribution is 2.33. The number of nitrogen functional groups attached to an aromatic ring is 1. The number of hydrogen-bond donors (Lipinski definition) is 1. The van der Waals surface area contributed by atoms with Crippen LogP contribution in [0.2, 0.25) is 0 Å². The Bertz CT molecular complexity index is 828. The van der Waals surface area contributed by atoms with Gasteiger partial charge in [0.2, 0.25) is 0 Å². The Labute approximate surface area is 119 Å². The largest absolute Gasteiger partial charge is 0.433 e. The zero-order valence-corrected chi connectivity index (χ0v) is 10.9. The zero-order valence-electron chi connectivity index (χ0n) is 10.9. The Morgan fingerprint density at radius 1 is 1.05 bits per heavy atom. The Kier molecular flexibility index (Phi) is 3.12. The van der Waals surface area contributed by atoms with Crippen LogP contribution in [0.3, 0.4) is 0 Å². The minimum Gasteiger partial charge on any atom is -0.433 e. The summed E-state index contributed by atoms with van der Waals surface area (Å²) < 4.78 is 5.63. The van der Waals surface area contributed by atoms with Gasteiger partial charge in [0.05, 0.1) is 4.92 Å². The predicted octanol–water partition coefficient (Wildman–Crippen LogP) is 3.52. The minimum atomic E-state index is -0.549. The number of nitrogens with two attached hydrogens (primary N) is 1. The number of fused-ring (bicyclic) bond motifs is 1. The monoisotopic (exact) mass is 281 g/mol. The van der Waals surface area contributed by atoms with Crippen molar-refractivity contribution >= 4 is 22.3 Å². The fraction of sp³-hybridized carbons (Fsp3) is 0. The van der Waals surface area contributed by atoms with Crippen LogP contribution in [0.15, 0.2) is 54.6 Å². The first-order valence-electron chi connectivity index (χ1n) is 6.21. The van der Waals surface area contributed by atoms with Crippen LogP contribution >= 0.6 is 0 Å². The topological polar surface area (TPSA) is 91.3 Å². The lowest BCUT2D eigenvalue weighted by Crippen LogP contribution is -1.99. The molecule has 0 atom stereocenters. The van der Waals surface area contributed by atoms with Gasteiger partial charge in [0.15, 0.2) is 0 Å². The smallest absolute Gasteiger partial charge is 0.331 e. The second kappa shape index (κ2) is 5.09. The third kappa shape index (κ3) is 2.46. The van der Waals surface area contributed by atoms with Crippen molar-refractivity contribution in [3.63, 3.8) is 0 Å². The third-order valence-corrected chi connectivity index (χ3v) is 3.01. The first-order valence-corrected chi connectivity index (χ1v) is 6.21. The van der Waals surface area contributed by atoms with Gasteiger partial charge in [-0.3, -0.25) is 10.1 Å². The molecule has 2 aromatic carbocycles. The van der Waals surface area contributed by atoms with Gasteiger partial charge in [-0.2, -0.15) is 4.98 Å². The molecular weight excluding hydrogens is 270 g/mol. The summed E-state index contributed by atoms with van der Waals surface area (Å²) in [6.07, 6.45) is 0. The maximum Gasteiger partial charge on any atom is 0.331 e. The summed E-state index contributed by atoms with van der Waals surface area (Å²) in [4.78, 5) is 14.4. The molecule has 6 nitrogen and oxygen atoms in total. The molecule has 6 heteroatoms. The van der Waals surface area contributed by atoms with Crippen LogP contribution in [0, 0.1) is 10.1 Å². The molecule has 21 heavy (non-hydrogen) atoms. The van der Waals surface area contributed by atoms with Crippen LogP contribution in [-0.2, 0) is 0 Å². The normalized spacial score (nSPS) is 10.5. The van der Waals surface area contributed by atoms with Crippen molar-refractivity contribution in [2.24, 2.45) is 0 Å². The van der Waals surface area contributed by atoms with E-state index in [1.165, 1.54) is 12.1 Å². The van der Waals surface area contributed by atoms with Crippen LogP contribution in [-0.4, -0.2) is 9.91 Å². The number of aromatic nitrogens is 1. The lowest BCUT2D eigenvalue weighted by atomic mass is 10.1. The SMILES string of the molecule is Nc1ccc([N+](=O)[O-])c(Oc2cccc3ccccc23)n1. The van der Waals surface area contributed by atoms with Crippen molar-refractivity contribution in [3.05, 3.63) is 64.7 Å². The van der Waals surface area contributed by atoms with E-state index in [0.717, 1.165) is 10.8 Å². The van der Waals surface area contributed by atoms with Crippen molar-refractivity contribution in [2.45, 2.75) is 0 Å². The Morgan fingerprint density at radius 3 is 2.62 bits per heavy atom. The van der Waals surface area contributed by atoms with Crippen LogP contribution in [0.25, 0.3) is 10.8 Å². The molecule has 0 aliphatic rings. The molecule has 0 bridgehead atoms. The molecule has 3 rings (SSSR count). The van der Waals surface area contributed by atoms with Crippen LogP contribution < -0.4 is 10.5 Å². The minimum absolute atomic E-state index is 0.114. The highest BCUT2D eigenvalue weighted by molar-refractivity contribution is 5.88. The second-order valence-corrected chi connectivity index (χ2v) is 4.40. The summed E-state index contributed by atoms with van der Waals surface area (Å²) in [6.45, 7) is 0. The van der Waals surface area contributed by atoms with Crippen molar-refractivity contribution in [3.8, 4) is 11.6 Å². The van der Waals surface area contributed by atoms with E-state index in [9.17, 15) is 10.1 Å². The van der Waals surface area contributed by atoms with Gasteiger partial charge in [-0.05, 0) is 17.5 Å². The number of ether oxygens (including phenoxy) is 1. The zero-order chi connectivity index (χ0) is 14.8. The molecule has 0 aliphatic carbocycles. The van der Waals surface area contributed by atoms with E-state index >= 15 is 0 Å². The molecule has 3 aromatic rings. The van der Waals surface area contributed by atoms with Gasteiger partial charge in [-0.25, -0.2) is 0 Å². The molecule has 2 N–H and O–H groups in total. The van der Waals surface area contributed by atoms with Crippen LogP contribution in [0.1, 0.15) is 0 Å². The summed E-state index contributed by atoms with van der Waals surface area (Å²) in [6, 6.07) is 15.7.